The van der Waals surface area contributed by atoms with Crippen LogP contribution in [0.25, 0.3) is 5.76 Å². The summed E-state index contributed by atoms with van der Waals surface area (Å²) in [6.45, 7) is 0.986. The molecule has 29 heavy (non-hydrogen) atoms. The fraction of sp³-hybridized carbons (Fsp3) is 0.304. The molecule has 2 atom stereocenters. The molecule has 0 bridgehead atoms. The van der Waals surface area contributed by atoms with Gasteiger partial charge in [-0.25, -0.2) is 0 Å². The maximum atomic E-state index is 12.9. The Balaban J connectivity index is 1.79. The second-order valence-corrected chi connectivity index (χ2v) is 7.23. The maximum absolute atomic E-state index is 12.9. The number of hydrogen-bond donors (Lipinski definition) is 1. The number of benzene rings is 2. The van der Waals surface area contributed by atoms with Crippen LogP contribution in [0.2, 0.25) is 0 Å². The van der Waals surface area contributed by atoms with Crippen molar-refractivity contribution in [1.82, 2.24) is 4.90 Å². The highest BCUT2D eigenvalue weighted by Gasteiger charge is 2.46. The molecule has 2 aliphatic heterocycles. The number of methoxy groups -OCH3 is 1. The van der Waals surface area contributed by atoms with E-state index >= 15 is 0 Å². The molecule has 150 valence electrons. The number of ether oxygens (including phenoxy) is 2. The highest BCUT2D eigenvalue weighted by Crippen LogP contribution is 2.40. The zero-order valence-electron chi connectivity index (χ0n) is 16.2. The molecule has 2 aromatic carbocycles. The monoisotopic (exact) mass is 393 g/mol. The Hall–Kier alpha value is -3.12. The first-order chi connectivity index (χ1) is 14.1. The minimum atomic E-state index is -0.676. The number of hydrogen-bond acceptors (Lipinski definition) is 5. The lowest BCUT2D eigenvalue weighted by atomic mass is 9.95. The summed E-state index contributed by atoms with van der Waals surface area (Å²) in [7, 11) is 1.56. The van der Waals surface area contributed by atoms with Crippen molar-refractivity contribution in [3.05, 3.63) is 71.3 Å². The number of carbonyl (C=O) groups is 2. The van der Waals surface area contributed by atoms with Crippen molar-refractivity contribution >= 4 is 17.4 Å². The number of Topliss-reactive ketones (excluding diaryl/α,β-unsaturated/α-hetero) is 1. The van der Waals surface area contributed by atoms with E-state index in [4.69, 9.17) is 9.47 Å². The van der Waals surface area contributed by atoms with Crippen LogP contribution in [-0.2, 0) is 14.3 Å². The van der Waals surface area contributed by atoms with E-state index in [1.54, 1.807) is 31.4 Å². The third-order valence-electron chi connectivity index (χ3n) is 5.44. The van der Waals surface area contributed by atoms with Gasteiger partial charge in [0.1, 0.15) is 11.5 Å². The third-order valence-corrected chi connectivity index (χ3v) is 5.44. The summed E-state index contributed by atoms with van der Waals surface area (Å²) in [4.78, 5) is 27.3. The number of carbonyl (C=O) groups excluding carboxylic acids is 2. The summed E-state index contributed by atoms with van der Waals surface area (Å²) in [6, 6.07) is 15.4. The van der Waals surface area contributed by atoms with E-state index in [9.17, 15) is 14.7 Å². The Kier molecular flexibility index (Phi) is 5.36. The Morgan fingerprint density at radius 3 is 2.48 bits per heavy atom. The predicted molar refractivity (Wildman–Crippen MR) is 107 cm³/mol. The Bertz CT molecular complexity index is 930. The van der Waals surface area contributed by atoms with Crippen LogP contribution < -0.4 is 4.74 Å². The van der Waals surface area contributed by atoms with Gasteiger partial charge in [0.25, 0.3) is 11.7 Å². The molecular formula is C23H23NO5. The van der Waals surface area contributed by atoms with Crippen molar-refractivity contribution in [1.29, 1.82) is 0 Å². The summed E-state index contributed by atoms with van der Waals surface area (Å²) < 4.78 is 10.8. The molecule has 4 rings (SSSR count). The van der Waals surface area contributed by atoms with Gasteiger partial charge in [-0.3, -0.25) is 9.59 Å². The van der Waals surface area contributed by atoms with E-state index in [1.165, 1.54) is 4.90 Å². The van der Waals surface area contributed by atoms with Gasteiger partial charge >= 0.3 is 0 Å². The van der Waals surface area contributed by atoms with Gasteiger partial charge in [0, 0.05) is 18.7 Å². The zero-order valence-corrected chi connectivity index (χ0v) is 16.2. The third kappa shape index (κ3) is 3.63. The largest absolute Gasteiger partial charge is 0.507 e. The van der Waals surface area contributed by atoms with Crippen LogP contribution in [0.1, 0.15) is 30.0 Å². The topological polar surface area (TPSA) is 76.1 Å². The number of likely N-dealkylation sites (tertiary alicyclic amines) is 1. The van der Waals surface area contributed by atoms with Gasteiger partial charge in [-0.15, -0.1) is 0 Å². The highest BCUT2D eigenvalue weighted by atomic mass is 16.5. The molecule has 0 aliphatic carbocycles. The van der Waals surface area contributed by atoms with Crippen LogP contribution >= 0.6 is 0 Å². The molecule has 6 heteroatoms. The predicted octanol–water partition coefficient (Wildman–Crippen LogP) is 3.30. The molecule has 2 aromatic rings. The average Bonchev–Trinajstić information content (AvgIpc) is 3.36. The number of aliphatic hydroxyl groups excluding tert-OH is 1. The number of aliphatic hydroxyl groups is 1. The van der Waals surface area contributed by atoms with Crippen molar-refractivity contribution in [3.8, 4) is 5.75 Å². The molecule has 0 aromatic heterocycles. The second-order valence-electron chi connectivity index (χ2n) is 7.23. The van der Waals surface area contributed by atoms with Crippen LogP contribution in [0.15, 0.2) is 60.2 Å². The quantitative estimate of drug-likeness (QED) is 0.479. The lowest BCUT2D eigenvalue weighted by Gasteiger charge is -2.27. The molecule has 0 saturated carbocycles. The molecule has 0 spiro atoms. The second kappa shape index (κ2) is 8.09. The van der Waals surface area contributed by atoms with Crippen LogP contribution in [0.3, 0.4) is 0 Å². The Morgan fingerprint density at radius 2 is 1.86 bits per heavy atom. The van der Waals surface area contributed by atoms with E-state index in [1.807, 2.05) is 30.3 Å². The first kappa shape index (κ1) is 19.2. The minimum Gasteiger partial charge on any atom is -0.507 e. The molecule has 2 heterocycles. The van der Waals surface area contributed by atoms with Gasteiger partial charge in [0.2, 0.25) is 0 Å². The summed E-state index contributed by atoms with van der Waals surface area (Å²) in [6.07, 6.45) is 1.69. The highest BCUT2D eigenvalue weighted by molar-refractivity contribution is 6.46. The van der Waals surface area contributed by atoms with Crippen LogP contribution in [0.5, 0.6) is 5.75 Å². The first-order valence-electron chi connectivity index (χ1n) is 9.69. The van der Waals surface area contributed by atoms with Crippen molar-refractivity contribution in [2.75, 3.05) is 20.3 Å². The van der Waals surface area contributed by atoms with Crippen LogP contribution in [-0.4, -0.2) is 48.1 Å². The van der Waals surface area contributed by atoms with Crippen LogP contribution in [0, 0.1) is 0 Å². The lowest BCUT2D eigenvalue weighted by molar-refractivity contribution is -0.140. The molecule has 2 aliphatic rings. The molecule has 1 amide bonds. The van der Waals surface area contributed by atoms with Crippen LogP contribution in [0.4, 0.5) is 0 Å². The smallest absolute Gasteiger partial charge is 0.295 e. The molecule has 6 nitrogen and oxygen atoms in total. The molecular weight excluding hydrogens is 370 g/mol. The fourth-order valence-electron chi connectivity index (χ4n) is 3.96. The van der Waals surface area contributed by atoms with Crippen molar-refractivity contribution in [2.24, 2.45) is 0 Å². The van der Waals surface area contributed by atoms with E-state index in [2.05, 4.69) is 0 Å². The Labute approximate surface area is 169 Å². The SMILES string of the molecule is COc1ccc(C(O)=C2C(=O)C(=O)N(C[C@H]3CCCO3)[C@@H]2c2ccccc2)cc1. The van der Waals surface area contributed by atoms with Gasteiger partial charge < -0.3 is 19.5 Å². The summed E-state index contributed by atoms with van der Waals surface area (Å²) in [5, 5.41) is 11.0. The van der Waals surface area contributed by atoms with E-state index in [-0.39, 0.29) is 17.4 Å². The number of nitrogens with zero attached hydrogens (tertiary/aromatic N) is 1. The van der Waals surface area contributed by atoms with Gasteiger partial charge in [-0.2, -0.15) is 0 Å². The zero-order chi connectivity index (χ0) is 20.4. The molecule has 1 N–H and O–H groups in total. The summed E-state index contributed by atoms with van der Waals surface area (Å²) in [5.41, 5.74) is 1.34. The normalized spacial score (nSPS) is 23.6. The van der Waals surface area contributed by atoms with Gasteiger partial charge in [0.15, 0.2) is 0 Å². The van der Waals surface area contributed by atoms with E-state index < -0.39 is 17.7 Å². The number of rotatable bonds is 5. The first-order valence-corrected chi connectivity index (χ1v) is 9.69. The molecule has 2 saturated heterocycles. The van der Waals surface area contributed by atoms with E-state index in [0.29, 0.717) is 24.5 Å². The van der Waals surface area contributed by atoms with E-state index in [0.717, 1.165) is 18.4 Å². The Morgan fingerprint density at radius 1 is 1.14 bits per heavy atom. The van der Waals surface area contributed by atoms with Gasteiger partial charge in [-0.1, -0.05) is 30.3 Å². The van der Waals surface area contributed by atoms with Crippen molar-refractivity contribution in [3.63, 3.8) is 0 Å². The average molecular weight is 393 g/mol. The molecule has 0 unspecified atom stereocenters. The number of amides is 1. The summed E-state index contributed by atoms with van der Waals surface area (Å²) >= 11 is 0. The fourth-order valence-corrected chi connectivity index (χ4v) is 3.96. The summed E-state index contributed by atoms with van der Waals surface area (Å²) in [5.74, 6) is -0.829. The van der Waals surface area contributed by atoms with Crippen molar-refractivity contribution < 1.29 is 24.2 Å². The standard InChI is InChI=1S/C23H23NO5/c1-28-17-11-9-16(10-12-17)21(25)19-20(15-6-3-2-4-7-15)24(23(27)22(19)26)14-18-8-5-13-29-18/h2-4,6-7,9-12,18,20,25H,5,8,13-14H2,1H3/t18-,20-/m1/s1. The molecule has 2 fully saturated rings. The van der Waals surface area contributed by atoms with Gasteiger partial charge in [-0.05, 0) is 42.7 Å². The lowest BCUT2D eigenvalue weighted by Crippen LogP contribution is -2.36. The minimum absolute atomic E-state index is 0.0968. The van der Waals surface area contributed by atoms with Crippen molar-refractivity contribution in [2.45, 2.75) is 25.0 Å². The molecule has 0 radical (unpaired) electrons. The maximum Gasteiger partial charge on any atom is 0.295 e. The number of ketones is 1. The van der Waals surface area contributed by atoms with Gasteiger partial charge in [0.05, 0.1) is 24.8 Å².